The molecule has 0 spiro atoms. The molecule has 0 aliphatic carbocycles. The first-order chi connectivity index (χ1) is 12.9. The van der Waals surface area contributed by atoms with Gasteiger partial charge >= 0.3 is 12.1 Å². The normalized spacial score (nSPS) is 13.1. The van der Waals surface area contributed by atoms with E-state index in [1.165, 1.54) is 56.5 Å². The van der Waals surface area contributed by atoms with Gasteiger partial charge in [0.25, 0.3) is 0 Å². The van der Waals surface area contributed by atoms with Crippen LogP contribution in [0.4, 0.5) is 13.2 Å². The topological polar surface area (TPSA) is 72.5 Å². The maximum atomic E-state index is 12.7. The molecule has 1 N–H and O–H groups in total. The smallest absolute Gasteiger partial charge is 0.471 e. The van der Waals surface area contributed by atoms with Crippen LogP contribution in [0, 0.1) is 0 Å². The van der Waals surface area contributed by atoms with Gasteiger partial charge in [-0.1, -0.05) is 23.7 Å². The van der Waals surface area contributed by atoms with Crippen LogP contribution in [0.15, 0.2) is 52.3 Å². The number of hydrogen-bond donors (Lipinski definition) is 1. The van der Waals surface area contributed by atoms with Gasteiger partial charge in [0.05, 0.1) is 21.9 Å². The minimum Gasteiger partial charge on any atom is -0.497 e. The van der Waals surface area contributed by atoms with Gasteiger partial charge in [-0.05, 0) is 43.2 Å². The highest BCUT2D eigenvalue weighted by atomic mass is 35.5. The van der Waals surface area contributed by atoms with E-state index in [0.29, 0.717) is 11.3 Å². The summed E-state index contributed by atoms with van der Waals surface area (Å²) in [5, 5.41) is 1.85. The monoisotopic (exact) mass is 435 g/mol. The third-order valence-electron chi connectivity index (χ3n) is 3.84. The number of sulfone groups is 1. The number of halogens is 4. The molecule has 0 aliphatic rings. The maximum Gasteiger partial charge on any atom is 0.471 e. The summed E-state index contributed by atoms with van der Waals surface area (Å²) in [6.45, 7) is 1.42. The first-order valence-electron chi connectivity index (χ1n) is 8.00. The third kappa shape index (κ3) is 5.17. The van der Waals surface area contributed by atoms with Crippen LogP contribution in [0.25, 0.3) is 0 Å². The van der Waals surface area contributed by atoms with Gasteiger partial charge in [-0.3, -0.25) is 4.79 Å². The van der Waals surface area contributed by atoms with Crippen molar-refractivity contribution in [3.63, 3.8) is 0 Å². The van der Waals surface area contributed by atoms with E-state index in [4.69, 9.17) is 16.3 Å². The third-order valence-corrected chi connectivity index (χ3v) is 6.09. The Morgan fingerprint density at radius 2 is 1.79 bits per heavy atom. The van der Waals surface area contributed by atoms with Crippen molar-refractivity contribution in [1.82, 2.24) is 5.32 Å². The van der Waals surface area contributed by atoms with Crippen molar-refractivity contribution in [1.29, 1.82) is 0 Å². The number of hydrogen-bond acceptors (Lipinski definition) is 4. The van der Waals surface area contributed by atoms with Crippen LogP contribution in [0.2, 0.25) is 5.02 Å². The van der Waals surface area contributed by atoms with Crippen LogP contribution in [0.5, 0.6) is 5.75 Å². The van der Waals surface area contributed by atoms with Crippen LogP contribution in [-0.2, 0) is 21.1 Å². The lowest BCUT2D eigenvalue weighted by molar-refractivity contribution is -0.174. The summed E-state index contributed by atoms with van der Waals surface area (Å²) in [6.07, 6.45) is -4.85. The highest BCUT2D eigenvalue weighted by molar-refractivity contribution is 7.91. The SMILES string of the molecule is COc1ccc(S(=O)(=O)c2ccc(C[C@@H](C)NC(=O)C(F)(F)F)cc2)c(Cl)c1. The first-order valence-corrected chi connectivity index (χ1v) is 9.86. The van der Waals surface area contributed by atoms with Gasteiger partial charge in [0, 0.05) is 12.1 Å². The molecule has 0 bridgehead atoms. The number of carbonyl (C=O) groups excluding carboxylic acids is 1. The molecule has 0 aliphatic heterocycles. The van der Waals surface area contributed by atoms with E-state index in [1.54, 1.807) is 0 Å². The molecular formula is C18H17ClF3NO4S. The standard InChI is InChI=1S/C18H17ClF3NO4S/c1-11(23-17(24)18(20,21)22)9-12-3-6-14(7-4-12)28(25,26)16-8-5-13(27-2)10-15(16)19/h3-8,10-11H,9H2,1-2H3,(H,23,24)/t11-/m1/s1. The van der Waals surface area contributed by atoms with E-state index in [-0.39, 0.29) is 21.2 Å². The molecule has 1 atom stereocenters. The second kappa shape index (κ2) is 8.40. The summed E-state index contributed by atoms with van der Waals surface area (Å²) in [5.41, 5.74) is 0.565. The van der Waals surface area contributed by atoms with E-state index in [0.717, 1.165) is 0 Å². The van der Waals surface area contributed by atoms with Crippen molar-refractivity contribution in [2.24, 2.45) is 0 Å². The van der Waals surface area contributed by atoms with Crippen LogP contribution in [-0.4, -0.2) is 33.7 Å². The minimum absolute atomic E-state index is 0.00640. The molecule has 0 saturated carbocycles. The molecule has 0 radical (unpaired) electrons. The summed E-state index contributed by atoms with van der Waals surface area (Å²) in [4.78, 5) is 10.8. The van der Waals surface area contributed by atoms with Crippen LogP contribution < -0.4 is 10.1 Å². The van der Waals surface area contributed by atoms with Crippen LogP contribution >= 0.6 is 11.6 Å². The fourth-order valence-electron chi connectivity index (χ4n) is 2.47. The molecule has 152 valence electrons. The molecule has 0 aromatic heterocycles. The summed E-state index contributed by atoms with van der Waals surface area (Å²) in [5.74, 6) is -1.61. The number of nitrogens with one attached hydrogen (secondary N) is 1. The quantitative estimate of drug-likeness (QED) is 0.749. The van der Waals surface area contributed by atoms with Crippen LogP contribution in [0.1, 0.15) is 12.5 Å². The minimum atomic E-state index is -4.95. The highest BCUT2D eigenvalue weighted by Gasteiger charge is 2.39. The number of alkyl halides is 3. The molecule has 5 nitrogen and oxygen atoms in total. The van der Waals surface area contributed by atoms with Crippen molar-refractivity contribution < 1.29 is 31.1 Å². The van der Waals surface area contributed by atoms with Crippen molar-refractivity contribution in [2.45, 2.75) is 35.4 Å². The second-order valence-electron chi connectivity index (χ2n) is 6.02. The molecule has 0 heterocycles. The lowest BCUT2D eigenvalue weighted by atomic mass is 10.1. The Balaban J connectivity index is 2.16. The van der Waals surface area contributed by atoms with Gasteiger partial charge < -0.3 is 10.1 Å². The highest BCUT2D eigenvalue weighted by Crippen LogP contribution is 2.30. The predicted octanol–water partition coefficient (Wildman–Crippen LogP) is 3.79. The van der Waals surface area contributed by atoms with E-state index in [1.807, 2.05) is 5.32 Å². The Labute approximate surface area is 165 Å². The second-order valence-corrected chi connectivity index (χ2v) is 8.35. The zero-order valence-electron chi connectivity index (χ0n) is 14.9. The molecule has 0 fully saturated rings. The molecule has 28 heavy (non-hydrogen) atoms. The van der Waals surface area contributed by atoms with Crippen molar-refractivity contribution in [2.75, 3.05) is 7.11 Å². The van der Waals surface area contributed by atoms with E-state index < -0.39 is 28.0 Å². The van der Waals surface area contributed by atoms with Gasteiger partial charge in [0.1, 0.15) is 5.75 Å². The molecule has 2 rings (SSSR count). The number of amides is 1. The summed E-state index contributed by atoms with van der Waals surface area (Å²) >= 11 is 6.04. The zero-order valence-corrected chi connectivity index (χ0v) is 16.5. The molecule has 10 heteroatoms. The number of benzene rings is 2. The fraction of sp³-hybridized carbons (Fsp3) is 0.278. The first kappa shape index (κ1) is 22.0. The van der Waals surface area contributed by atoms with Crippen molar-refractivity contribution >= 4 is 27.3 Å². The van der Waals surface area contributed by atoms with Gasteiger partial charge in [-0.15, -0.1) is 0 Å². The summed E-state index contributed by atoms with van der Waals surface area (Å²) in [6, 6.07) is 9.02. The number of ether oxygens (including phenoxy) is 1. The Morgan fingerprint density at radius 1 is 1.18 bits per heavy atom. The van der Waals surface area contributed by atoms with Gasteiger partial charge in [0.2, 0.25) is 9.84 Å². The molecule has 0 saturated heterocycles. The molecule has 0 unspecified atom stereocenters. The van der Waals surface area contributed by atoms with Crippen LogP contribution in [0.3, 0.4) is 0 Å². The zero-order chi connectivity index (χ0) is 21.1. The number of carbonyl (C=O) groups is 1. The largest absolute Gasteiger partial charge is 0.497 e. The Morgan fingerprint density at radius 3 is 2.29 bits per heavy atom. The lowest BCUT2D eigenvalue weighted by Gasteiger charge is -2.15. The van der Waals surface area contributed by atoms with Crippen molar-refractivity contribution in [3.05, 3.63) is 53.1 Å². The molecular weight excluding hydrogens is 419 g/mol. The average molecular weight is 436 g/mol. The number of rotatable bonds is 6. The van der Waals surface area contributed by atoms with E-state index >= 15 is 0 Å². The summed E-state index contributed by atoms with van der Waals surface area (Å²) < 4.78 is 67.3. The maximum absolute atomic E-state index is 12.7. The Bertz CT molecular complexity index is 960. The number of methoxy groups -OCH3 is 1. The summed E-state index contributed by atoms with van der Waals surface area (Å²) in [7, 11) is -2.46. The molecule has 2 aromatic rings. The Kier molecular flexibility index (Phi) is 6.61. The van der Waals surface area contributed by atoms with E-state index in [2.05, 4.69) is 0 Å². The predicted molar refractivity (Wildman–Crippen MR) is 97.3 cm³/mol. The average Bonchev–Trinajstić information content (AvgIpc) is 2.60. The van der Waals surface area contributed by atoms with E-state index in [9.17, 15) is 26.4 Å². The molecule has 2 aromatic carbocycles. The Hall–Kier alpha value is -2.26. The van der Waals surface area contributed by atoms with Gasteiger partial charge in [-0.25, -0.2) is 8.42 Å². The van der Waals surface area contributed by atoms with Gasteiger partial charge in [-0.2, -0.15) is 13.2 Å². The van der Waals surface area contributed by atoms with Crippen molar-refractivity contribution in [3.8, 4) is 5.75 Å². The fourth-order valence-corrected chi connectivity index (χ4v) is 4.25. The lowest BCUT2D eigenvalue weighted by Crippen LogP contribution is -2.42. The molecule has 1 amide bonds. The van der Waals surface area contributed by atoms with Gasteiger partial charge in [0.15, 0.2) is 0 Å².